The average molecular weight is 446 g/mol. The van der Waals surface area contributed by atoms with Gasteiger partial charge in [0.25, 0.3) is 0 Å². The van der Waals surface area contributed by atoms with Crippen molar-refractivity contribution in [1.29, 1.82) is 0 Å². The third-order valence-corrected chi connectivity index (χ3v) is 5.00. The molecule has 0 amide bonds. The van der Waals surface area contributed by atoms with Crippen LogP contribution in [0, 0.1) is 0 Å². The standard InChI is InChI=1S/C22H34F3N3O3/c1-16(2)31-19-7-6-17(20(14-19)22(23,24)25)15-27-21(26-3)28-10-8-18(9-11-28)30-13-5-12-29-4/h6-7,14,16,18H,5,8-13,15H2,1-4H3,(H,26,27). The van der Waals surface area contributed by atoms with E-state index in [1.807, 2.05) is 0 Å². The second-order valence-corrected chi connectivity index (χ2v) is 7.79. The zero-order chi connectivity index (χ0) is 22.9. The zero-order valence-electron chi connectivity index (χ0n) is 18.8. The molecule has 0 radical (unpaired) electrons. The summed E-state index contributed by atoms with van der Waals surface area (Å²) in [5, 5.41) is 3.08. The van der Waals surface area contributed by atoms with Crippen molar-refractivity contribution in [3.8, 4) is 5.75 Å². The smallest absolute Gasteiger partial charge is 0.416 e. The van der Waals surface area contributed by atoms with Crippen LogP contribution in [0.25, 0.3) is 0 Å². The van der Waals surface area contributed by atoms with Gasteiger partial charge in [-0.2, -0.15) is 13.2 Å². The van der Waals surface area contributed by atoms with Crippen LogP contribution in [-0.4, -0.2) is 63.5 Å². The van der Waals surface area contributed by atoms with E-state index in [0.29, 0.717) is 19.2 Å². The Morgan fingerprint density at radius 3 is 2.52 bits per heavy atom. The van der Waals surface area contributed by atoms with Crippen molar-refractivity contribution in [2.75, 3.05) is 40.5 Å². The third kappa shape index (κ3) is 8.22. The number of methoxy groups -OCH3 is 1. The Morgan fingerprint density at radius 2 is 1.94 bits per heavy atom. The van der Waals surface area contributed by atoms with Crippen molar-refractivity contribution in [2.45, 2.75) is 58.0 Å². The first kappa shape index (κ1) is 25.3. The molecule has 1 aliphatic rings. The fraction of sp³-hybridized carbons (Fsp3) is 0.682. The minimum atomic E-state index is -4.46. The minimum Gasteiger partial charge on any atom is -0.491 e. The number of guanidine groups is 1. The van der Waals surface area contributed by atoms with Crippen molar-refractivity contribution in [3.63, 3.8) is 0 Å². The van der Waals surface area contributed by atoms with E-state index in [1.165, 1.54) is 6.07 Å². The van der Waals surface area contributed by atoms with Gasteiger partial charge in [-0.1, -0.05) is 6.07 Å². The second kappa shape index (κ2) is 12.1. The Balaban J connectivity index is 1.94. The lowest BCUT2D eigenvalue weighted by Crippen LogP contribution is -2.46. The normalized spacial score (nSPS) is 16.1. The van der Waals surface area contributed by atoms with E-state index in [9.17, 15) is 13.2 Å². The first-order valence-corrected chi connectivity index (χ1v) is 10.7. The number of nitrogens with one attached hydrogen (secondary N) is 1. The molecule has 9 heteroatoms. The summed E-state index contributed by atoms with van der Waals surface area (Å²) in [5.74, 6) is 0.802. The molecule has 2 rings (SSSR count). The summed E-state index contributed by atoms with van der Waals surface area (Å²) in [6.07, 6.45) is -1.91. The van der Waals surface area contributed by atoms with Crippen LogP contribution in [0.4, 0.5) is 13.2 Å². The van der Waals surface area contributed by atoms with Crippen LogP contribution in [0.1, 0.15) is 44.2 Å². The van der Waals surface area contributed by atoms with Crippen molar-refractivity contribution in [3.05, 3.63) is 29.3 Å². The van der Waals surface area contributed by atoms with Crippen molar-refractivity contribution < 1.29 is 27.4 Å². The molecule has 1 heterocycles. The molecule has 0 bridgehead atoms. The molecular formula is C22H34F3N3O3. The molecule has 31 heavy (non-hydrogen) atoms. The van der Waals surface area contributed by atoms with Crippen LogP contribution in [0.5, 0.6) is 5.75 Å². The Labute approximate surface area is 182 Å². The molecule has 0 aromatic heterocycles. The molecule has 1 fully saturated rings. The van der Waals surface area contributed by atoms with Crippen LogP contribution in [0.15, 0.2) is 23.2 Å². The Hall–Kier alpha value is -2.00. The van der Waals surface area contributed by atoms with Crippen LogP contribution in [-0.2, 0) is 22.2 Å². The lowest BCUT2D eigenvalue weighted by Gasteiger charge is -2.34. The van der Waals surface area contributed by atoms with Gasteiger partial charge in [-0.15, -0.1) is 0 Å². The van der Waals surface area contributed by atoms with Gasteiger partial charge in [-0.05, 0) is 50.8 Å². The number of hydrogen-bond acceptors (Lipinski definition) is 4. The van der Waals surface area contributed by atoms with Gasteiger partial charge < -0.3 is 24.4 Å². The number of alkyl halides is 3. The maximum Gasteiger partial charge on any atom is 0.416 e. The van der Waals surface area contributed by atoms with Crippen molar-refractivity contribution >= 4 is 5.96 Å². The quantitative estimate of drug-likeness (QED) is 0.353. The number of hydrogen-bond donors (Lipinski definition) is 1. The van der Waals surface area contributed by atoms with Gasteiger partial charge in [0.1, 0.15) is 5.75 Å². The first-order valence-electron chi connectivity index (χ1n) is 10.7. The minimum absolute atomic E-state index is 0.0247. The van der Waals surface area contributed by atoms with E-state index in [2.05, 4.69) is 15.2 Å². The number of rotatable bonds is 9. The molecule has 0 saturated carbocycles. The highest BCUT2D eigenvalue weighted by Crippen LogP contribution is 2.34. The van der Waals surface area contributed by atoms with Crippen molar-refractivity contribution in [2.24, 2.45) is 4.99 Å². The number of nitrogens with zero attached hydrogens (tertiary/aromatic N) is 2. The largest absolute Gasteiger partial charge is 0.491 e. The molecule has 1 aromatic carbocycles. The summed E-state index contributed by atoms with van der Waals surface area (Å²) >= 11 is 0. The predicted molar refractivity (Wildman–Crippen MR) is 114 cm³/mol. The molecule has 1 N–H and O–H groups in total. The summed E-state index contributed by atoms with van der Waals surface area (Å²) in [5.41, 5.74) is -0.544. The van der Waals surface area contributed by atoms with Crippen LogP contribution in [0.3, 0.4) is 0 Å². The van der Waals surface area contributed by atoms with E-state index >= 15 is 0 Å². The lowest BCUT2D eigenvalue weighted by atomic mass is 10.1. The van der Waals surface area contributed by atoms with E-state index in [4.69, 9.17) is 14.2 Å². The predicted octanol–water partition coefficient (Wildman–Crippen LogP) is 4.09. The maximum absolute atomic E-state index is 13.6. The van der Waals surface area contributed by atoms with Crippen LogP contribution < -0.4 is 10.1 Å². The van der Waals surface area contributed by atoms with Gasteiger partial charge in [0.15, 0.2) is 5.96 Å². The summed E-state index contributed by atoms with van der Waals surface area (Å²) in [6, 6.07) is 4.09. The fourth-order valence-corrected chi connectivity index (χ4v) is 3.51. The SMILES string of the molecule is CN=C(NCc1ccc(OC(C)C)cc1C(F)(F)F)N1CCC(OCCCOC)CC1. The van der Waals surface area contributed by atoms with Gasteiger partial charge in [0, 0.05) is 47.0 Å². The van der Waals surface area contributed by atoms with E-state index < -0.39 is 11.7 Å². The molecule has 1 aromatic rings. The molecule has 0 unspecified atom stereocenters. The monoisotopic (exact) mass is 445 g/mol. The summed E-state index contributed by atoms with van der Waals surface area (Å²) < 4.78 is 57.0. The zero-order valence-corrected chi connectivity index (χ0v) is 18.8. The summed E-state index contributed by atoms with van der Waals surface area (Å²) in [6.45, 7) is 6.41. The number of aliphatic imine (C=N–C) groups is 1. The molecule has 176 valence electrons. The van der Waals surface area contributed by atoms with Gasteiger partial charge in [0.05, 0.1) is 17.8 Å². The van der Waals surface area contributed by atoms with Crippen LogP contribution in [0.2, 0.25) is 0 Å². The Kier molecular flexibility index (Phi) is 9.90. The van der Waals surface area contributed by atoms with E-state index in [0.717, 1.165) is 38.4 Å². The van der Waals surface area contributed by atoms with Gasteiger partial charge in [0.2, 0.25) is 0 Å². The number of ether oxygens (including phenoxy) is 3. The average Bonchev–Trinajstić information content (AvgIpc) is 2.72. The fourth-order valence-electron chi connectivity index (χ4n) is 3.51. The second-order valence-electron chi connectivity index (χ2n) is 7.79. The van der Waals surface area contributed by atoms with E-state index in [1.54, 1.807) is 34.1 Å². The van der Waals surface area contributed by atoms with Gasteiger partial charge in [-0.25, -0.2) is 0 Å². The van der Waals surface area contributed by atoms with Gasteiger partial charge in [-0.3, -0.25) is 4.99 Å². The molecular weight excluding hydrogens is 411 g/mol. The van der Waals surface area contributed by atoms with Crippen molar-refractivity contribution in [1.82, 2.24) is 10.2 Å². The molecule has 1 saturated heterocycles. The number of piperidine rings is 1. The summed E-state index contributed by atoms with van der Waals surface area (Å²) in [4.78, 5) is 6.31. The first-order chi connectivity index (χ1) is 14.7. The Bertz CT molecular complexity index is 703. The van der Waals surface area contributed by atoms with Crippen LogP contribution >= 0.6 is 0 Å². The number of likely N-dealkylation sites (tertiary alicyclic amines) is 1. The molecule has 0 atom stereocenters. The van der Waals surface area contributed by atoms with Gasteiger partial charge >= 0.3 is 6.18 Å². The molecule has 1 aliphatic heterocycles. The number of benzene rings is 1. The highest BCUT2D eigenvalue weighted by molar-refractivity contribution is 5.80. The summed E-state index contributed by atoms with van der Waals surface area (Å²) in [7, 11) is 3.31. The molecule has 6 nitrogen and oxygen atoms in total. The highest BCUT2D eigenvalue weighted by atomic mass is 19.4. The highest BCUT2D eigenvalue weighted by Gasteiger charge is 2.34. The topological polar surface area (TPSA) is 55.3 Å². The number of halogens is 3. The third-order valence-electron chi connectivity index (χ3n) is 5.00. The molecule has 0 aliphatic carbocycles. The molecule has 0 spiro atoms. The van der Waals surface area contributed by atoms with E-state index in [-0.39, 0.29) is 30.1 Å². The lowest BCUT2D eigenvalue weighted by molar-refractivity contribution is -0.138. The Morgan fingerprint density at radius 1 is 1.23 bits per heavy atom. The maximum atomic E-state index is 13.6.